The van der Waals surface area contributed by atoms with E-state index in [1.807, 2.05) is 36.4 Å². The van der Waals surface area contributed by atoms with Crippen LogP contribution in [-0.4, -0.2) is 31.5 Å². The molecule has 0 saturated carbocycles. The lowest BCUT2D eigenvalue weighted by Gasteiger charge is -2.32. The number of hydrogen-bond donors (Lipinski definition) is 1. The van der Waals surface area contributed by atoms with E-state index in [4.69, 9.17) is 11.6 Å². The van der Waals surface area contributed by atoms with Gasteiger partial charge in [-0.15, -0.1) is 0 Å². The van der Waals surface area contributed by atoms with E-state index >= 15 is 0 Å². The first-order valence-corrected chi connectivity index (χ1v) is 10.2. The summed E-state index contributed by atoms with van der Waals surface area (Å²) in [5.41, 5.74) is 4.07. The Kier molecular flexibility index (Phi) is 6.37. The molecule has 1 saturated heterocycles. The first-order valence-electron chi connectivity index (χ1n) is 8.67. The van der Waals surface area contributed by atoms with Crippen LogP contribution < -0.4 is 10.2 Å². The van der Waals surface area contributed by atoms with Crippen LogP contribution in [0.15, 0.2) is 48.5 Å². The van der Waals surface area contributed by atoms with Crippen molar-refractivity contribution in [2.75, 3.05) is 36.4 Å². The fourth-order valence-electron chi connectivity index (χ4n) is 3.25. The molecule has 0 aliphatic carbocycles. The summed E-state index contributed by atoms with van der Waals surface area (Å²) in [4.78, 5) is 2.37. The van der Waals surface area contributed by atoms with Gasteiger partial charge in [-0.2, -0.15) is 0 Å². The predicted octanol–water partition coefficient (Wildman–Crippen LogP) is 4.83. The third-order valence-corrected chi connectivity index (χ3v) is 5.41. The molecule has 0 amide bonds. The van der Waals surface area contributed by atoms with Crippen molar-refractivity contribution in [3.8, 4) is 0 Å². The molecule has 3 rings (SSSR count). The molecule has 0 spiro atoms. The van der Waals surface area contributed by atoms with Crippen LogP contribution in [0.2, 0.25) is 0 Å². The van der Waals surface area contributed by atoms with Gasteiger partial charge in [0.05, 0.1) is 0 Å². The maximum Gasteiger partial charge on any atom is 0.209 e. The average molecular weight is 426 g/mol. The van der Waals surface area contributed by atoms with Crippen LogP contribution >= 0.6 is 27.5 Å². The minimum absolute atomic E-state index is 0.242. The third-order valence-electron chi connectivity index (χ3n) is 4.61. The van der Waals surface area contributed by atoms with Gasteiger partial charge < -0.3 is 10.2 Å². The summed E-state index contributed by atoms with van der Waals surface area (Å²) in [7, 11) is 0. The van der Waals surface area contributed by atoms with Crippen molar-refractivity contribution in [1.82, 2.24) is 5.32 Å². The number of rotatable bonds is 6. The van der Waals surface area contributed by atoms with Crippen molar-refractivity contribution in [3.05, 3.63) is 65.2 Å². The largest absolute Gasteiger partial charge is 0.369 e. The van der Waals surface area contributed by atoms with Crippen molar-refractivity contribution >= 4 is 33.2 Å². The molecule has 1 atom stereocenters. The summed E-state index contributed by atoms with van der Waals surface area (Å²) in [6, 6.07) is 16.1. The summed E-state index contributed by atoms with van der Waals surface area (Å²) in [6.45, 7) is 3.87. The highest BCUT2D eigenvalue weighted by Crippen LogP contribution is 2.38. The molecule has 1 aliphatic heterocycles. The van der Waals surface area contributed by atoms with Gasteiger partial charge in [-0.25, -0.2) is 4.39 Å². The Morgan fingerprint density at radius 2 is 1.84 bits per heavy atom. The molecule has 0 bridgehead atoms. The van der Waals surface area contributed by atoms with Crippen molar-refractivity contribution < 1.29 is 4.39 Å². The molecular weight excluding hydrogens is 403 g/mol. The maximum atomic E-state index is 14.8. The molecule has 0 aromatic heterocycles. The number of piperazine rings is 1. The lowest BCUT2D eigenvalue weighted by molar-refractivity contribution is 0.277. The first kappa shape index (κ1) is 18.7. The average Bonchev–Trinajstić information content (AvgIpc) is 2.63. The third kappa shape index (κ3) is 4.75. The second-order valence-corrected chi connectivity index (χ2v) is 7.78. The fraction of sp³-hybridized carbons (Fsp3) is 0.400. The normalized spacial score (nSPS) is 17.3. The van der Waals surface area contributed by atoms with Crippen molar-refractivity contribution in [2.45, 2.75) is 18.0 Å². The zero-order valence-corrected chi connectivity index (χ0v) is 16.5. The van der Waals surface area contributed by atoms with Gasteiger partial charge in [0.15, 0.2) is 0 Å². The van der Waals surface area contributed by atoms with Crippen LogP contribution in [0.25, 0.3) is 0 Å². The number of alkyl halides is 3. The molecule has 2 aromatic carbocycles. The monoisotopic (exact) mass is 424 g/mol. The van der Waals surface area contributed by atoms with Crippen LogP contribution in [0.5, 0.6) is 0 Å². The Hall–Kier alpha value is -1.10. The molecule has 2 nitrogen and oxygen atoms in total. The molecule has 134 valence electrons. The molecule has 25 heavy (non-hydrogen) atoms. The van der Waals surface area contributed by atoms with E-state index in [1.54, 1.807) is 0 Å². The lowest BCUT2D eigenvalue weighted by atomic mass is 9.97. The highest BCUT2D eigenvalue weighted by molar-refractivity contribution is 9.09. The van der Waals surface area contributed by atoms with E-state index in [0.717, 1.165) is 38.2 Å². The summed E-state index contributed by atoms with van der Waals surface area (Å²) in [6.07, 6.45) is 1.02. The molecular formula is C20H23BrClFN2. The minimum Gasteiger partial charge on any atom is -0.369 e. The Labute approximate surface area is 162 Å². The Morgan fingerprint density at radius 1 is 1.12 bits per heavy atom. The van der Waals surface area contributed by atoms with Gasteiger partial charge in [-0.05, 0) is 29.7 Å². The van der Waals surface area contributed by atoms with Gasteiger partial charge in [0, 0.05) is 49.2 Å². The zero-order valence-electron chi connectivity index (χ0n) is 14.1. The van der Waals surface area contributed by atoms with Gasteiger partial charge in [0.25, 0.3) is 0 Å². The van der Waals surface area contributed by atoms with Gasteiger partial charge >= 0.3 is 0 Å². The summed E-state index contributed by atoms with van der Waals surface area (Å²) in [5.74, 6) is 0. The van der Waals surface area contributed by atoms with Gasteiger partial charge in [-0.3, -0.25) is 0 Å². The highest BCUT2D eigenvalue weighted by atomic mass is 79.9. The van der Waals surface area contributed by atoms with Crippen LogP contribution in [0.1, 0.15) is 23.1 Å². The molecule has 2 aromatic rings. The fourth-order valence-corrected chi connectivity index (χ4v) is 4.23. The smallest absolute Gasteiger partial charge is 0.209 e. The summed E-state index contributed by atoms with van der Waals surface area (Å²) in [5, 5.41) is 2.07. The molecule has 1 unspecified atom stereocenters. The quantitative estimate of drug-likeness (QED) is 0.667. The van der Waals surface area contributed by atoms with Crippen molar-refractivity contribution in [3.63, 3.8) is 0 Å². The molecule has 1 heterocycles. The van der Waals surface area contributed by atoms with Gasteiger partial charge in [-0.1, -0.05) is 63.9 Å². The van der Waals surface area contributed by atoms with E-state index in [0.29, 0.717) is 10.9 Å². The standard InChI is InChI=1S/C20H23BrClFN2/c21-9-8-20(22,23)18-6-7-19(25-12-10-24-11-13-25)17(15-18)14-16-4-2-1-3-5-16/h1-7,15,24H,8-14H2. The molecule has 1 aliphatic rings. The predicted molar refractivity (Wildman–Crippen MR) is 108 cm³/mol. The molecule has 0 radical (unpaired) electrons. The van der Waals surface area contributed by atoms with E-state index in [2.05, 4.69) is 38.3 Å². The molecule has 5 heteroatoms. The number of halogens is 3. The number of nitrogens with zero attached hydrogens (tertiary/aromatic N) is 1. The topological polar surface area (TPSA) is 15.3 Å². The minimum atomic E-state index is -1.84. The Balaban J connectivity index is 1.96. The SMILES string of the molecule is FC(Cl)(CCBr)c1ccc(N2CCNCC2)c(Cc2ccccc2)c1. The van der Waals surface area contributed by atoms with E-state index in [-0.39, 0.29) is 6.42 Å². The van der Waals surface area contributed by atoms with E-state index < -0.39 is 5.13 Å². The summed E-state index contributed by atoms with van der Waals surface area (Å²) >= 11 is 9.45. The first-order chi connectivity index (χ1) is 12.1. The maximum absolute atomic E-state index is 14.8. The second kappa shape index (κ2) is 8.52. The second-order valence-electron chi connectivity index (χ2n) is 6.39. The van der Waals surface area contributed by atoms with Crippen molar-refractivity contribution in [1.29, 1.82) is 0 Å². The van der Waals surface area contributed by atoms with Crippen LogP contribution in [-0.2, 0) is 11.5 Å². The highest BCUT2D eigenvalue weighted by Gasteiger charge is 2.29. The van der Waals surface area contributed by atoms with Crippen LogP contribution in [0, 0.1) is 0 Å². The molecule has 1 N–H and O–H groups in total. The Bertz CT molecular complexity index is 687. The van der Waals surface area contributed by atoms with Gasteiger partial charge in [0.2, 0.25) is 5.13 Å². The summed E-state index contributed by atoms with van der Waals surface area (Å²) < 4.78 is 14.8. The van der Waals surface area contributed by atoms with Crippen LogP contribution in [0.3, 0.4) is 0 Å². The zero-order chi connectivity index (χ0) is 17.7. The number of nitrogens with one attached hydrogen (secondary N) is 1. The number of benzene rings is 2. The van der Waals surface area contributed by atoms with Crippen molar-refractivity contribution in [2.24, 2.45) is 0 Å². The number of anilines is 1. The van der Waals surface area contributed by atoms with E-state index in [1.165, 1.54) is 11.3 Å². The van der Waals surface area contributed by atoms with Gasteiger partial charge in [0.1, 0.15) is 0 Å². The van der Waals surface area contributed by atoms with E-state index in [9.17, 15) is 4.39 Å². The number of hydrogen-bond acceptors (Lipinski definition) is 2. The van der Waals surface area contributed by atoms with Crippen LogP contribution in [0.4, 0.5) is 10.1 Å². The Morgan fingerprint density at radius 3 is 2.52 bits per heavy atom. The lowest BCUT2D eigenvalue weighted by Crippen LogP contribution is -2.44. The molecule has 1 fully saturated rings.